The van der Waals surface area contributed by atoms with Crippen molar-refractivity contribution in [2.75, 3.05) is 0 Å². The number of nitrogens with one attached hydrogen (secondary N) is 2. The molecule has 0 aromatic carbocycles. The minimum absolute atomic E-state index is 0.129. The zero-order valence-corrected chi connectivity index (χ0v) is 7.75. The van der Waals surface area contributed by atoms with Crippen molar-refractivity contribution >= 4 is 5.91 Å². The Kier molecular flexibility index (Phi) is 1.62. The molecular formula is C10H16N2O. The van der Waals surface area contributed by atoms with Crippen LogP contribution in [0.5, 0.6) is 0 Å². The average molecular weight is 180 g/mol. The third-order valence-electron chi connectivity index (χ3n) is 3.64. The van der Waals surface area contributed by atoms with Gasteiger partial charge in [-0.1, -0.05) is 0 Å². The molecule has 3 rings (SSSR count). The summed E-state index contributed by atoms with van der Waals surface area (Å²) < 4.78 is 0. The van der Waals surface area contributed by atoms with Gasteiger partial charge in [0.2, 0.25) is 5.91 Å². The van der Waals surface area contributed by atoms with Gasteiger partial charge >= 0.3 is 0 Å². The van der Waals surface area contributed by atoms with E-state index in [1.54, 1.807) is 0 Å². The van der Waals surface area contributed by atoms with Crippen molar-refractivity contribution in [3.05, 3.63) is 0 Å². The smallest absolute Gasteiger partial charge is 0.237 e. The van der Waals surface area contributed by atoms with Gasteiger partial charge in [0.15, 0.2) is 0 Å². The predicted octanol–water partition coefficient (Wildman–Crippen LogP) is 0.405. The molecule has 3 heteroatoms. The number of piperidine rings is 1. The topological polar surface area (TPSA) is 41.1 Å². The number of carbonyl (C=O) groups is 1. The van der Waals surface area contributed by atoms with Crippen LogP contribution in [0.2, 0.25) is 0 Å². The summed E-state index contributed by atoms with van der Waals surface area (Å²) in [5.74, 6) is 1.06. The van der Waals surface area contributed by atoms with Gasteiger partial charge in [-0.2, -0.15) is 0 Å². The van der Waals surface area contributed by atoms with Crippen LogP contribution in [0.3, 0.4) is 0 Å². The maximum Gasteiger partial charge on any atom is 0.237 e. The van der Waals surface area contributed by atoms with Crippen LogP contribution in [0.15, 0.2) is 0 Å². The fraction of sp³-hybridized carbons (Fsp3) is 0.900. The average Bonchev–Trinajstić information content (AvgIpc) is 2.66. The normalized spacial score (nSPS) is 42.3. The number of fused-ring (bicyclic) bond motifs is 1. The Bertz CT molecular complexity index is 227. The lowest BCUT2D eigenvalue weighted by Gasteiger charge is -2.28. The Morgan fingerprint density at radius 2 is 2.15 bits per heavy atom. The lowest BCUT2D eigenvalue weighted by molar-refractivity contribution is -0.124. The van der Waals surface area contributed by atoms with Crippen LogP contribution in [0.4, 0.5) is 0 Å². The minimum Gasteiger partial charge on any atom is -0.352 e. The van der Waals surface area contributed by atoms with Crippen molar-refractivity contribution in [3.63, 3.8) is 0 Å². The van der Waals surface area contributed by atoms with E-state index < -0.39 is 0 Å². The zero-order chi connectivity index (χ0) is 8.84. The van der Waals surface area contributed by atoms with E-state index in [9.17, 15) is 4.79 Å². The first kappa shape index (κ1) is 7.80. The molecule has 0 radical (unpaired) electrons. The van der Waals surface area contributed by atoms with Gasteiger partial charge < -0.3 is 10.6 Å². The molecule has 2 aliphatic carbocycles. The van der Waals surface area contributed by atoms with Crippen LogP contribution < -0.4 is 10.6 Å². The van der Waals surface area contributed by atoms with E-state index in [0.717, 1.165) is 12.3 Å². The molecule has 13 heavy (non-hydrogen) atoms. The third-order valence-corrected chi connectivity index (χ3v) is 3.64. The molecule has 0 unspecified atom stereocenters. The Labute approximate surface area is 78.3 Å². The van der Waals surface area contributed by atoms with E-state index in [1.165, 1.54) is 25.7 Å². The molecule has 3 atom stereocenters. The van der Waals surface area contributed by atoms with E-state index >= 15 is 0 Å². The van der Waals surface area contributed by atoms with Crippen LogP contribution in [0, 0.1) is 5.92 Å². The van der Waals surface area contributed by atoms with Gasteiger partial charge in [0.25, 0.3) is 0 Å². The molecule has 3 fully saturated rings. The lowest BCUT2D eigenvalue weighted by Crippen LogP contribution is -2.48. The second-order valence-electron chi connectivity index (χ2n) is 4.69. The number of amides is 1. The molecule has 1 aliphatic heterocycles. The van der Waals surface area contributed by atoms with E-state index in [2.05, 4.69) is 10.6 Å². The van der Waals surface area contributed by atoms with Crippen LogP contribution in [-0.2, 0) is 4.79 Å². The maximum absolute atomic E-state index is 11.6. The predicted molar refractivity (Wildman–Crippen MR) is 49.2 cm³/mol. The largest absolute Gasteiger partial charge is 0.352 e. The quantitative estimate of drug-likeness (QED) is 0.646. The molecule has 72 valence electrons. The van der Waals surface area contributed by atoms with Crippen molar-refractivity contribution < 1.29 is 4.79 Å². The highest BCUT2D eigenvalue weighted by molar-refractivity contribution is 5.82. The van der Waals surface area contributed by atoms with Gasteiger partial charge in [0.1, 0.15) is 0 Å². The summed E-state index contributed by atoms with van der Waals surface area (Å²) in [7, 11) is 0. The van der Waals surface area contributed by atoms with Gasteiger partial charge in [-0.05, 0) is 38.0 Å². The maximum atomic E-state index is 11.6. The van der Waals surface area contributed by atoms with Gasteiger partial charge in [0.05, 0.1) is 6.04 Å². The van der Waals surface area contributed by atoms with Crippen LogP contribution >= 0.6 is 0 Å². The van der Waals surface area contributed by atoms with E-state index in [-0.39, 0.29) is 11.9 Å². The zero-order valence-electron chi connectivity index (χ0n) is 7.75. The number of rotatable bonds is 2. The molecular weight excluding hydrogens is 164 g/mol. The van der Waals surface area contributed by atoms with Crippen molar-refractivity contribution in [1.29, 1.82) is 0 Å². The van der Waals surface area contributed by atoms with Crippen LogP contribution in [-0.4, -0.2) is 24.0 Å². The van der Waals surface area contributed by atoms with Crippen molar-refractivity contribution in [2.45, 2.75) is 50.2 Å². The number of hydrogen-bond acceptors (Lipinski definition) is 2. The first-order valence-corrected chi connectivity index (χ1v) is 5.39. The fourth-order valence-corrected chi connectivity index (χ4v) is 2.38. The number of carbonyl (C=O) groups excluding carboxylic acids is 1. The summed E-state index contributed by atoms with van der Waals surface area (Å²) in [6.07, 6.45) is 6.03. The van der Waals surface area contributed by atoms with Gasteiger partial charge in [-0.25, -0.2) is 0 Å². The highest BCUT2D eigenvalue weighted by atomic mass is 16.2. The van der Waals surface area contributed by atoms with Crippen molar-refractivity contribution in [2.24, 2.45) is 5.92 Å². The SMILES string of the molecule is O=C(NC1CCC1)[C@@H]1C[C@H]2C[C@H]2N1. The van der Waals surface area contributed by atoms with E-state index in [1.807, 2.05) is 0 Å². The summed E-state index contributed by atoms with van der Waals surface area (Å²) >= 11 is 0. The van der Waals surface area contributed by atoms with Crippen LogP contribution in [0.25, 0.3) is 0 Å². The van der Waals surface area contributed by atoms with Gasteiger partial charge in [-0.3, -0.25) is 4.79 Å². The van der Waals surface area contributed by atoms with Gasteiger partial charge in [0, 0.05) is 12.1 Å². The molecule has 3 aliphatic rings. The minimum atomic E-state index is 0.129. The Hall–Kier alpha value is -0.570. The van der Waals surface area contributed by atoms with Crippen LogP contribution in [0.1, 0.15) is 32.1 Å². The lowest BCUT2D eigenvalue weighted by atomic mass is 9.93. The second kappa shape index (κ2) is 2.71. The monoisotopic (exact) mass is 180 g/mol. The summed E-state index contributed by atoms with van der Waals surface area (Å²) in [6.45, 7) is 0. The number of hydrogen-bond donors (Lipinski definition) is 2. The third kappa shape index (κ3) is 1.35. The Morgan fingerprint density at radius 3 is 2.69 bits per heavy atom. The highest BCUT2D eigenvalue weighted by Crippen LogP contribution is 2.40. The summed E-state index contributed by atoms with van der Waals surface area (Å²) in [4.78, 5) is 11.6. The molecule has 0 spiro atoms. The molecule has 0 aromatic rings. The molecule has 0 bridgehead atoms. The second-order valence-corrected chi connectivity index (χ2v) is 4.69. The molecule has 1 amide bonds. The van der Waals surface area contributed by atoms with Crippen molar-refractivity contribution in [3.8, 4) is 0 Å². The Balaban J connectivity index is 1.50. The van der Waals surface area contributed by atoms with Gasteiger partial charge in [-0.15, -0.1) is 0 Å². The summed E-state index contributed by atoms with van der Waals surface area (Å²) in [5, 5.41) is 6.47. The Morgan fingerprint density at radius 1 is 1.31 bits per heavy atom. The first-order chi connectivity index (χ1) is 6.33. The molecule has 1 saturated heterocycles. The molecule has 3 nitrogen and oxygen atoms in total. The summed E-state index contributed by atoms with van der Waals surface area (Å²) in [6, 6.07) is 1.30. The molecule has 1 heterocycles. The molecule has 2 N–H and O–H groups in total. The first-order valence-electron chi connectivity index (χ1n) is 5.39. The standard InChI is InChI=1S/C10H16N2O/c13-10(11-7-2-1-3-7)9-5-6-4-8(6)12-9/h6-9,12H,1-5H2,(H,11,13)/t6-,8-,9+/m1/s1. The molecule has 0 aromatic heterocycles. The summed E-state index contributed by atoms with van der Waals surface area (Å²) in [5.41, 5.74) is 0. The van der Waals surface area contributed by atoms with Crippen molar-refractivity contribution in [1.82, 2.24) is 10.6 Å². The highest BCUT2D eigenvalue weighted by Gasteiger charge is 2.48. The van der Waals surface area contributed by atoms with E-state index in [4.69, 9.17) is 0 Å². The van der Waals surface area contributed by atoms with E-state index in [0.29, 0.717) is 12.1 Å². The fourth-order valence-electron chi connectivity index (χ4n) is 2.38. The molecule has 2 saturated carbocycles.